The van der Waals surface area contributed by atoms with Gasteiger partial charge in [-0.05, 0) is 37.8 Å². The third kappa shape index (κ3) is 2.81. The summed E-state index contributed by atoms with van der Waals surface area (Å²) in [5.74, 6) is 0.865. The monoisotopic (exact) mass is 296 g/mol. The lowest BCUT2D eigenvalue weighted by Crippen LogP contribution is -2.21. The molecule has 0 radical (unpaired) electrons. The molecule has 1 unspecified atom stereocenters. The second kappa shape index (κ2) is 6.10. The Hall–Kier alpha value is -1.13. The Kier molecular flexibility index (Phi) is 4.22. The van der Waals surface area contributed by atoms with Crippen LogP contribution in [0.25, 0.3) is 11.0 Å². The van der Waals surface area contributed by atoms with E-state index in [1.807, 2.05) is 0 Å². The molecule has 1 aromatic heterocycles. The standard InChI is InChI=1S/C15H18ClFN2O/c16-10-15-18-13-9-11(17)4-5-14(13)19(15)7-6-12-3-1-2-8-20-12/h4-5,9,12H,1-3,6-8,10H2. The summed E-state index contributed by atoms with van der Waals surface area (Å²) < 4.78 is 21.1. The molecule has 3 nitrogen and oxygen atoms in total. The van der Waals surface area contributed by atoms with E-state index in [1.54, 1.807) is 6.07 Å². The van der Waals surface area contributed by atoms with Crippen molar-refractivity contribution in [2.24, 2.45) is 0 Å². The Morgan fingerprint density at radius 1 is 1.40 bits per heavy atom. The van der Waals surface area contributed by atoms with Gasteiger partial charge in [0, 0.05) is 19.2 Å². The molecule has 1 aliphatic heterocycles. The Balaban J connectivity index is 1.81. The van der Waals surface area contributed by atoms with Crippen LogP contribution in [0.3, 0.4) is 0 Å². The molecule has 0 saturated carbocycles. The molecule has 5 heteroatoms. The molecule has 1 aliphatic rings. The van der Waals surface area contributed by atoms with Gasteiger partial charge in [0.1, 0.15) is 11.6 Å². The van der Waals surface area contributed by atoms with Gasteiger partial charge in [0.05, 0.1) is 23.0 Å². The minimum Gasteiger partial charge on any atom is -0.378 e. The topological polar surface area (TPSA) is 27.1 Å². The summed E-state index contributed by atoms with van der Waals surface area (Å²) in [6.45, 7) is 1.68. The number of hydrogen-bond donors (Lipinski definition) is 0. The number of aryl methyl sites for hydroxylation is 1. The zero-order valence-electron chi connectivity index (χ0n) is 11.3. The maximum Gasteiger partial charge on any atom is 0.125 e. The van der Waals surface area contributed by atoms with Crippen LogP contribution in [0.1, 0.15) is 31.5 Å². The number of imidazole rings is 1. The highest BCUT2D eigenvalue weighted by atomic mass is 35.5. The van der Waals surface area contributed by atoms with Gasteiger partial charge in [0.2, 0.25) is 0 Å². The van der Waals surface area contributed by atoms with Crippen LogP contribution in [0.15, 0.2) is 18.2 Å². The smallest absolute Gasteiger partial charge is 0.125 e. The van der Waals surface area contributed by atoms with Crippen molar-refractivity contribution in [2.75, 3.05) is 6.61 Å². The van der Waals surface area contributed by atoms with E-state index in [0.717, 1.165) is 43.8 Å². The van der Waals surface area contributed by atoms with Gasteiger partial charge in [-0.25, -0.2) is 9.37 Å². The highest BCUT2D eigenvalue weighted by molar-refractivity contribution is 6.16. The van der Waals surface area contributed by atoms with Crippen molar-refractivity contribution < 1.29 is 9.13 Å². The summed E-state index contributed by atoms with van der Waals surface area (Å²) in [5.41, 5.74) is 1.61. The quantitative estimate of drug-likeness (QED) is 0.801. The first-order valence-electron chi connectivity index (χ1n) is 7.10. The van der Waals surface area contributed by atoms with Crippen molar-refractivity contribution in [2.45, 2.75) is 44.2 Å². The third-order valence-electron chi connectivity index (χ3n) is 3.86. The van der Waals surface area contributed by atoms with Crippen LogP contribution < -0.4 is 0 Å². The molecule has 1 fully saturated rings. The number of aromatic nitrogens is 2. The van der Waals surface area contributed by atoms with Crippen LogP contribution in [0.5, 0.6) is 0 Å². The third-order valence-corrected chi connectivity index (χ3v) is 4.10. The molecule has 1 aromatic carbocycles. The molecule has 0 aliphatic carbocycles. The maximum absolute atomic E-state index is 13.3. The van der Waals surface area contributed by atoms with Crippen molar-refractivity contribution in [3.8, 4) is 0 Å². The zero-order chi connectivity index (χ0) is 13.9. The van der Waals surface area contributed by atoms with Crippen molar-refractivity contribution in [1.29, 1.82) is 0 Å². The van der Waals surface area contributed by atoms with Gasteiger partial charge in [0.15, 0.2) is 0 Å². The van der Waals surface area contributed by atoms with Gasteiger partial charge in [-0.3, -0.25) is 0 Å². The van der Waals surface area contributed by atoms with Gasteiger partial charge in [-0.15, -0.1) is 11.6 Å². The molecule has 108 valence electrons. The first kappa shape index (κ1) is 13.8. The van der Waals surface area contributed by atoms with E-state index in [2.05, 4.69) is 9.55 Å². The zero-order valence-corrected chi connectivity index (χ0v) is 12.1. The predicted octanol–water partition coefficient (Wildman–Crippen LogP) is 3.87. The molecule has 0 amide bonds. The van der Waals surface area contributed by atoms with Crippen molar-refractivity contribution in [3.63, 3.8) is 0 Å². The van der Waals surface area contributed by atoms with Crippen molar-refractivity contribution >= 4 is 22.6 Å². The lowest BCUT2D eigenvalue weighted by Gasteiger charge is -2.23. The number of ether oxygens (including phenoxy) is 1. The molecule has 0 spiro atoms. The maximum atomic E-state index is 13.3. The molecule has 0 N–H and O–H groups in total. The Bertz CT molecular complexity index is 593. The van der Waals surface area contributed by atoms with Gasteiger partial charge < -0.3 is 9.30 Å². The largest absolute Gasteiger partial charge is 0.378 e. The first-order chi connectivity index (χ1) is 9.78. The number of nitrogens with zero attached hydrogens (tertiary/aromatic N) is 2. The molecule has 1 saturated heterocycles. The fourth-order valence-corrected chi connectivity index (χ4v) is 3.02. The average Bonchev–Trinajstić information content (AvgIpc) is 2.83. The predicted molar refractivity (Wildman–Crippen MR) is 77.5 cm³/mol. The Labute approximate surface area is 122 Å². The number of fused-ring (bicyclic) bond motifs is 1. The second-order valence-corrected chi connectivity index (χ2v) is 5.49. The number of halogens is 2. The summed E-state index contributed by atoms with van der Waals surface area (Å²) >= 11 is 5.96. The van der Waals surface area contributed by atoms with Crippen LogP contribution >= 0.6 is 11.6 Å². The second-order valence-electron chi connectivity index (χ2n) is 5.22. The van der Waals surface area contributed by atoms with E-state index in [1.165, 1.54) is 18.6 Å². The van der Waals surface area contributed by atoms with Crippen LogP contribution in [-0.2, 0) is 17.2 Å². The molecule has 2 aromatic rings. The molecule has 1 atom stereocenters. The number of hydrogen-bond acceptors (Lipinski definition) is 2. The highest BCUT2D eigenvalue weighted by Crippen LogP contribution is 2.22. The fourth-order valence-electron chi connectivity index (χ4n) is 2.81. The molecule has 3 rings (SSSR count). The van der Waals surface area contributed by atoms with Crippen molar-refractivity contribution in [3.05, 3.63) is 29.8 Å². The minimum absolute atomic E-state index is 0.265. The Morgan fingerprint density at radius 3 is 3.05 bits per heavy atom. The summed E-state index contributed by atoms with van der Waals surface area (Å²) in [6.07, 6.45) is 4.80. The van der Waals surface area contributed by atoms with Crippen LogP contribution in [-0.4, -0.2) is 22.3 Å². The normalized spacial score (nSPS) is 19.6. The van der Waals surface area contributed by atoms with E-state index in [-0.39, 0.29) is 5.82 Å². The summed E-state index contributed by atoms with van der Waals surface area (Å²) in [5, 5.41) is 0. The van der Waals surface area contributed by atoms with Crippen LogP contribution in [0.2, 0.25) is 0 Å². The van der Waals surface area contributed by atoms with Crippen LogP contribution in [0, 0.1) is 5.82 Å². The Morgan fingerprint density at radius 2 is 2.30 bits per heavy atom. The summed E-state index contributed by atoms with van der Waals surface area (Å²) in [6, 6.07) is 4.70. The molecule has 20 heavy (non-hydrogen) atoms. The number of alkyl halides is 1. The summed E-state index contributed by atoms with van der Waals surface area (Å²) in [7, 11) is 0. The van der Waals surface area contributed by atoms with E-state index >= 15 is 0 Å². The van der Waals surface area contributed by atoms with Gasteiger partial charge in [-0.1, -0.05) is 0 Å². The number of rotatable bonds is 4. The molecule has 0 bridgehead atoms. The minimum atomic E-state index is -0.265. The van der Waals surface area contributed by atoms with Gasteiger partial charge in [-0.2, -0.15) is 0 Å². The van der Waals surface area contributed by atoms with E-state index in [9.17, 15) is 4.39 Å². The van der Waals surface area contributed by atoms with Gasteiger partial charge in [0.25, 0.3) is 0 Å². The molecular formula is C15H18ClFN2O. The summed E-state index contributed by atoms with van der Waals surface area (Å²) in [4.78, 5) is 4.41. The van der Waals surface area contributed by atoms with E-state index < -0.39 is 0 Å². The van der Waals surface area contributed by atoms with Gasteiger partial charge >= 0.3 is 0 Å². The van der Waals surface area contributed by atoms with Crippen molar-refractivity contribution in [1.82, 2.24) is 9.55 Å². The highest BCUT2D eigenvalue weighted by Gasteiger charge is 2.16. The first-order valence-corrected chi connectivity index (χ1v) is 7.63. The van der Waals surface area contributed by atoms with E-state index in [4.69, 9.17) is 16.3 Å². The fraction of sp³-hybridized carbons (Fsp3) is 0.533. The number of benzene rings is 1. The SMILES string of the molecule is Fc1ccc2c(c1)nc(CCl)n2CCC1CCCCO1. The molecular weight excluding hydrogens is 279 g/mol. The van der Waals surface area contributed by atoms with Crippen LogP contribution in [0.4, 0.5) is 4.39 Å². The lowest BCUT2D eigenvalue weighted by molar-refractivity contribution is 0.00889. The molecule has 2 heterocycles. The lowest BCUT2D eigenvalue weighted by atomic mass is 10.1. The average molecular weight is 297 g/mol. The van der Waals surface area contributed by atoms with E-state index in [0.29, 0.717) is 17.5 Å².